The average Bonchev–Trinajstić information content (AvgIpc) is 2.29. The summed E-state index contributed by atoms with van der Waals surface area (Å²) in [6.07, 6.45) is 4.33. The van der Waals surface area contributed by atoms with E-state index in [9.17, 15) is 9.59 Å². The lowest BCUT2D eigenvalue weighted by molar-refractivity contribution is -0.148. The predicted molar refractivity (Wildman–Crippen MR) is 62.9 cm³/mol. The van der Waals surface area contributed by atoms with Gasteiger partial charge < -0.3 is 5.32 Å². The summed E-state index contributed by atoms with van der Waals surface area (Å²) in [6.45, 7) is 4.26. The first-order chi connectivity index (χ1) is 7.60. The molecule has 0 bridgehead atoms. The first-order valence-electron chi connectivity index (χ1n) is 6.16. The van der Waals surface area contributed by atoms with E-state index < -0.39 is 0 Å². The molecule has 1 saturated heterocycles. The highest BCUT2D eigenvalue weighted by Gasteiger charge is 2.32. The fourth-order valence-electron chi connectivity index (χ4n) is 2.11. The summed E-state index contributed by atoms with van der Waals surface area (Å²) in [4.78, 5) is 24.4. The molecule has 1 rings (SSSR count). The number of likely N-dealkylation sites (tertiary alicyclic amines) is 1. The van der Waals surface area contributed by atoms with Gasteiger partial charge in [-0.25, -0.2) is 0 Å². The van der Waals surface area contributed by atoms with E-state index in [1.54, 1.807) is 7.05 Å². The molecule has 1 heterocycles. The Morgan fingerprint density at radius 2 is 2.12 bits per heavy atom. The molecule has 0 aromatic rings. The lowest BCUT2D eigenvalue weighted by atomic mass is 10.0. The third-order valence-corrected chi connectivity index (χ3v) is 3.22. The maximum Gasteiger partial charge on any atom is 0.246 e. The third kappa shape index (κ3) is 3.04. The number of nitrogens with one attached hydrogen (secondary N) is 1. The van der Waals surface area contributed by atoms with Crippen molar-refractivity contribution in [3.8, 4) is 0 Å². The predicted octanol–water partition coefficient (Wildman–Crippen LogP) is 1.30. The van der Waals surface area contributed by atoms with Crippen molar-refractivity contribution >= 4 is 11.8 Å². The van der Waals surface area contributed by atoms with Crippen LogP contribution in [0.3, 0.4) is 0 Å². The first kappa shape index (κ1) is 13.2. The van der Waals surface area contributed by atoms with Gasteiger partial charge in [0.05, 0.1) is 6.04 Å². The van der Waals surface area contributed by atoms with Crippen LogP contribution in [0.15, 0.2) is 0 Å². The van der Waals surface area contributed by atoms with Gasteiger partial charge in [-0.1, -0.05) is 20.3 Å². The highest BCUT2D eigenvalue weighted by atomic mass is 16.2. The quantitative estimate of drug-likeness (QED) is 0.719. The van der Waals surface area contributed by atoms with E-state index in [4.69, 9.17) is 0 Å². The van der Waals surface area contributed by atoms with E-state index in [0.29, 0.717) is 18.9 Å². The minimum atomic E-state index is -0.167. The molecule has 92 valence electrons. The second-order valence-electron chi connectivity index (χ2n) is 4.44. The molecule has 2 amide bonds. The maximum atomic E-state index is 11.8. The van der Waals surface area contributed by atoms with Gasteiger partial charge >= 0.3 is 0 Å². The Hall–Kier alpha value is -0.900. The van der Waals surface area contributed by atoms with Crippen molar-refractivity contribution in [1.29, 1.82) is 0 Å². The fourth-order valence-corrected chi connectivity index (χ4v) is 2.11. The molecule has 1 N–H and O–H groups in total. The van der Waals surface area contributed by atoms with Crippen LogP contribution in [0.1, 0.15) is 46.0 Å². The average molecular weight is 226 g/mol. The largest absolute Gasteiger partial charge is 0.303 e. The Labute approximate surface area is 97.4 Å². The molecule has 4 heteroatoms. The van der Waals surface area contributed by atoms with Crippen LogP contribution >= 0.6 is 0 Å². The van der Waals surface area contributed by atoms with Gasteiger partial charge in [-0.05, 0) is 19.3 Å². The summed E-state index contributed by atoms with van der Waals surface area (Å²) >= 11 is 0. The number of imide groups is 1. The molecule has 1 aliphatic rings. The number of hydrogen-bond donors (Lipinski definition) is 1. The van der Waals surface area contributed by atoms with Crippen molar-refractivity contribution in [2.24, 2.45) is 0 Å². The highest BCUT2D eigenvalue weighted by Crippen LogP contribution is 2.13. The number of piperidine rings is 1. The normalized spacial score (nSPS) is 23.7. The monoisotopic (exact) mass is 226 g/mol. The molecule has 16 heavy (non-hydrogen) atoms. The highest BCUT2D eigenvalue weighted by molar-refractivity contribution is 6.00. The van der Waals surface area contributed by atoms with Crippen LogP contribution in [-0.2, 0) is 9.59 Å². The molecule has 0 saturated carbocycles. The zero-order valence-corrected chi connectivity index (χ0v) is 10.5. The van der Waals surface area contributed by atoms with Crippen molar-refractivity contribution in [1.82, 2.24) is 10.2 Å². The fraction of sp³-hybridized carbons (Fsp3) is 0.833. The SMILES string of the molecule is CCCC(CC)NC1CCC(=O)N(C)C1=O. The molecule has 0 spiro atoms. The van der Waals surface area contributed by atoms with E-state index in [-0.39, 0.29) is 17.9 Å². The first-order valence-corrected chi connectivity index (χ1v) is 6.16. The van der Waals surface area contributed by atoms with Crippen molar-refractivity contribution in [3.05, 3.63) is 0 Å². The molecule has 1 aliphatic heterocycles. The van der Waals surface area contributed by atoms with Gasteiger partial charge in [0.25, 0.3) is 0 Å². The summed E-state index contributed by atoms with van der Waals surface area (Å²) in [5.74, 6) is -0.141. The van der Waals surface area contributed by atoms with Crippen LogP contribution in [0.25, 0.3) is 0 Å². The van der Waals surface area contributed by atoms with Crippen molar-refractivity contribution in [3.63, 3.8) is 0 Å². The topological polar surface area (TPSA) is 49.4 Å². The molecular formula is C12H22N2O2. The number of nitrogens with zero attached hydrogens (tertiary/aromatic N) is 1. The van der Waals surface area contributed by atoms with Gasteiger partial charge in [-0.3, -0.25) is 14.5 Å². The standard InChI is InChI=1S/C12H22N2O2/c1-4-6-9(5-2)13-10-7-8-11(15)14(3)12(10)16/h9-10,13H,4-8H2,1-3H3. The molecular weight excluding hydrogens is 204 g/mol. The summed E-state index contributed by atoms with van der Waals surface area (Å²) in [5, 5.41) is 3.36. The van der Waals surface area contributed by atoms with Crippen LogP contribution in [0.2, 0.25) is 0 Å². The van der Waals surface area contributed by atoms with E-state index in [1.807, 2.05) is 0 Å². The molecule has 0 aromatic carbocycles. The van der Waals surface area contributed by atoms with Crippen molar-refractivity contribution < 1.29 is 9.59 Å². The summed E-state index contributed by atoms with van der Waals surface area (Å²) < 4.78 is 0. The van der Waals surface area contributed by atoms with Gasteiger partial charge in [0.15, 0.2) is 0 Å². The lowest BCUT2D eigenvalue weighted by Gasteiger charge is -2.31. The molecule has 4 nitrogen and oxygen atoms in total. The number of carbonyl (C=O) groups excluding carboxylic acids is 2. The number of amides is 2. The Morgan fingerprint density at radius 3 is 2.69 bits per heavy atom. The number of hydrogen-bond acceptors (Lipinski definition) is 3. The summed E-state index contributed by atoms with van der Waals surface area (Å²) in [5.41, 5.74) is 0. The van der Waals surface area contributed by atoms with E-state index in [1.165, 1.54) is 4.90 Å². The van der Waals surface area contributed by atoms with Crippen molar-refractivity contribution in [2.45, 2.75) is 58.0 Å². The van der Waals surface area contributed by atoms with Crippen LogP contribution in [-0.4, -0.2) is 35.8 Å². The van der Waals surface area contributed by atoms with Crippen molar-refractivity contribution in [2.75, 3.05) is 7.05 Å². The Kier molecular flexibility index (Phi) is 4.93. The maximum absolute atomic E-state index is 11.8. The second-order valence-corrected chi connectivity index (χ2v) is 4.44. The molecule has 2 atom stereocenters. The minimum Gasteiger partial charge on any atom is -0.303 e. The number of carbonyl (C=O) groups is 2. The Balaban J connectivity index is 2.53. The Morgan fingerprint density at radius 1 is 1.44 bits per heavy atom. The zero-order valence-electron chi connectivity index (χ0n) is 10.5. The third-order valence-electron chi connectivity index (χ3n) is 3.22. The Bertz CT molecular complexity index is 266. The molecule has 1 fully saturated rings. The number of likely N-dealkylation sites (N-methyl/N-ethyl adjacent to an activating group) is 1. The molecule has 2 unspecified atom stereocenters. The summed E-state index contributed by atoms with van der Waals surface area (Å²) in [6, 6.07) is 0.222. The molecule has 0 aliphatic carbocycles. The van der Waals surface area contributed by atoms with E-state index in [2.05, 4.69) is 19.2 Å². The number of rotatable bonds is 5. The molecule has 0 aromatic heterocycles. The van der Waals surface area contributed by atoms with Gasteiger partial charge in [0.1, 0.15) is 0 Å². The van der Waals surface area contributed by atoms with Gasteiger partial charge in [0, 0.05) is 19.5 Å². The van der Waals surface area contributed by atoms with Gasteiger partial charge in [0.2, 0.25) is 11.8 Å². The van der Waals surface area contributed by atoms with Crippen LogP contribution in [0.5, 0.6) is 0 Å². The second kappa shape index (κ2) is 5.99. The lowest BCUT2D eigenvalue weighted by Crippen LogP contribution is -2.53. The van der Waals surface area contributed by atoms with Crippen LogP contribution in [0.4, 0.5) is 0 Å². The minimum absolute atomic E-state index is 0.0633. The van der Waals surface area contributed by atoms with Gasteiger partial charge in [-0.2, -0.15) is 0 Å². The van der Waals surface area contributed by atoms with E-state index in [0.717, 1.165) is 19.3 Å². The van der Waals surface area contributed by atoms with E-state index >= 15 is 0 Å². The van der Waals surface area contributed by atoms with Gasteiger partial charge in [-0.15, -0.1) is 0 Å². The van der Waals surface area contributed by atoms with Crippen LogP contribution < -0.4 is 5.32 Å². The summed E-state index contributed by atoms with van der Waals surface area (Å²) in [7, 11) is 1.57. The smallest absolute Gasteiger partial charge is 0.246 e. The zero-order chi connectivity index (χ0) is 12.1. The molecule has 0 radical (unpaired) electrons. The van der Waals surface area contributed by atoms with Crippen LogP contribution in [0, 0.1) is 0 Å².